The van der Waals surface area contributed by atoms with Gasteiger partial charge < -0.3 is 15.3 Å². The smallest absolute Gasteiger partial charge is 0.287 e. The Labute approximate surface area is 121 Å². The minimum Gasteiger partial charge on any atom is -0.395 e. The van der Waals surface area contributed by atoms with Crippen LogP contribution in [0.15, 0.2) is 18.3 Å². The molecule has 1 aliphatic rings. The fourth-order valence-electron chi connectivity index (χ4n) is 2.40. The van der Waals surface area contributed by atoms with E-state index >= 15 is 0 Å². The minimum atomic E-state index is -0.488. The monoisotopic (exact) mass is 294 g/mol. The normalized spacial score (nSPS) is 18.3. The molecule has 0 bridgehead atoms. The number of piperidine rings is 1. The van der Waals surface area contributed by atoms with Gasteiger partial charge in [-0.3, -0.25) is 14.9 Å². The zero-order valence-corrected chi connectivity index (χ0v) is 11.6. The predicted octanol–water partition coefficient (Wildman–Crippen LogP) is 0.315. The SMILES string of the molecule is O=C(NCCO)C1CCCN(c2ccc([N+](=O)[O-])cn2)C1. The number of nitrogens with zero attached hydrogens (tertiary/aromatic N) is 3. The Bertz CT molecular complexity index is 505. The number of aliphatic hydroxyl groups excluding tert-OH is 1. The molecule has 114 valence electrons. The highest BCUT2D eigenvalue weighted by atomic mass is 16.6. The summed E-state index contributed by atoms with van der Waals surface area (Å²) >= 11 is 0. The standard InChI is InChI=1S/C13H18N4O4/c18-7-5-14-13(19)10-2-1-6-16(9-10)12-4-3-11(8-15-12)17(20)21/h3-4,8,10,18H,1-2,5-7,9H2,(H,14,19). The van der Waals surface area contributed by atoms with Crippen molar-refractivity contribution >= 4 is 17.4 Å². The Morgan fingerprint density at radius 3 is 3.00 bits per heavy atom. The fourth-order valence-corrected chi connectivity index (χ4v) is 2.40. The van der Waals surface area contributed by atoms with Gasteiger partial charge in [-0.15, -0.1) is 0 Å². The maximum atomic E-state index is 11.9. The third-order valence-corrected chi connectivity index (χ3v) is 3.47. The van der Waals surface area contributed by atoms with Crippen LogP contribution in [0, 0.1) is 16.0 Å². The van der Waals surface area contributed by atoms with Crippen molar-refractivity contribution in [3.63, 3.8) is 0 Å². The van der Waals surface area contributed by atoms with Gasteiger partial charge in [-0.2, -0.15) is 0 Å². The molecule has 8 heteroatoms. The second-order valence-corrected chi connectivity index (χ2v) is 4.93. The largest absolute Gasteiger partial charge is 0.395 e. The summed E-state index contributed by atoms with van der Waals surface area (Å²) in [6.07, 6.45) is 2.88. The zero-order valence-electron chi connectivity index (χ0n) is 11.6. The highest BCUT2D eigenvalue weighted by Crippen LogP contribution is 2.23. The first-order valence-corrected chi connectivity index (χ1v) is 6.86. The molecule has 1 fully saturated rings. The lowest BCUT2D eigenvalue weighted by Crippen LogP contribution is -2.44. The topological polar surface area (TPSA) is 109 Å². The van der Waals surface area contributed by atoms with E-state index < -0.39 is 4.92 Å². The molecule has 1 unspecified atom stereocenters. The van der Waals surface area contributed by atoms with Crippen molar-refractivity contribution in [1.29, 1.82) is 0 Å². The van der Waals surface area contributed by atoms with Gasteiger partial charge in [0.2, 0.25) is 5.91 Å². The molecule has 1 saturated heterocycles. The second-order valence-electron chi connectivity index (χ2n) is 4.93. The molecule has 0 radical (unpaired) electrons. The Balaban J connectivity index is 2.00. The van der Waals surface area contributed by atoms with Crippen LogP contribution in [-0.2, 0) is 4.79 Å². The average molecular weight is 294 g/mol. The van der Waals surface area contributed by atoms with Gasteiger partial charge in [-0.1, -0.05) is 0 Å². The lowest BCUT2D eigenvalue weighted by atomic mass is 9.97. The van der Waals surface area contributed by atoms with E-state index in [1.54, 1.807) is 6.07 Å². The van der Waals surface area contributed by atoms with Gasteiger partial charge in [0.15, 0.2) is 0 Å². The molecular weight excluding hydrogens is 276 g/mol. The Hall–Kier alpha value is -2.22. The van der Waals surface area contributed by atoms with Crippen molar-refractivity contribution in [3.8, 4) is 0 Å². The highest BCUT2D eigenvalue weighted by Gasteiger charge is 2.26. The summed E-state index contributed by atoms with van der Waals surface area (Å²) in [5.41, 5.74) is -0.0481. The zero-order chi connectivity index (χ0) is 15.2. The third-order valence-electron chi connectivity index (χ3n) is 3.47. The number of nitrogens with one attached hydrogen (secondary N) is 1. The molecular formula is C13H18N4O4. The quantitative estimate of drug-likeness (QED) is 0.598. The van der Waals surface area contributed by atoms with Gasteiger partial charge in [0.05, 0.1) is 17.4 Å². The van der Waals surface area contributed by atoms with Crippen molar-refractivity contribution in [3.05, 3.63) is 28.4 Å². The molecule has 2 rings (SSSR count). The molecule has 1 aromatic heterocycles. The number of rotatable bonds is 5. The van der Waals surface area contributed by atoms with Crippen molar-refractivity contribution in [2.75, 3.05) is 31.1 Å². The Morgan fingerprint density at radius 2 is 2.38 bits per heavy atom. The number of aliphatic hydroxyl groups is 1. The first-order valence-electron chi connectivity index (χ1n) is 6.86. The van der Waals surface area contributed by atoms with Crippen molar-refractivity contribution in [1.82, 2.24) is 10.3 Å². The van der Waals surface area contributed by atoms with Crippen LogP contribution in [-0.4, -0.2) is 47.2 Å². The highest BCUT2D eigenvalue weighted by molar-refractivity contribution is 5.79. The number of hydrogen-bond donors (Lipinski definition) is 2. The van der Waals surface area contributed by atoms with Gasteiger partial charge in [0, 0.05) is 25.7 Å². The fraction of sp³-hybridized carbons (Fsp3) is 0.538. The van der Waals surface area contributed by atoms with E-state index in [2.05, 4.69) is 10.3 Å². The van der Waals surface area contributed by atoms with Crippen molar-refractivity contribution in [2.45, 2.75) is 12.8 Å². The third kappa shape index (κ3) is 3.88. The summed E-state index contributed by atoms with van der Waals surface area (Å²) in [5.74, 6) is 0.415. The van der Waals surface area contributed by atoms with Gasteiger partial charge >= 0.3 is 0 Å². The van der Waals surface area contributed by atoms with Crippen LogP contribution >= 0.6 is 0 Å². The predicted molar refractivity (Wildman–Crippen MR) is 75.9 cm³/mol. The molecule has 2 N–H and O–H groups in total. The molecule has 1 aromatic rings. The maximum Gasteiger partial charge on any atom is 0.287 e. The first-order chi connectivity index (χ1) is 10.1. The Morgan fingerprint density at radius 1 is 1.57 bits per heavy atom. The maximum absolute atomic E-state index is 11.9. The van der Waals surface area contributed by atoms with E-state index in [-0.39, 0.29) is 30.7 Å². The number of pyridine rings is 1. The van der Waals surface area contributed by atoms with Crippen LogP contribution in [0.25, 0.3) is 0 Å². The van der Waals surface area contributed by atoms with E-state index in [0.717, 1.165) is 19.4 Å². The van der Waals surface area contributed by atoms with Crippen LogP contribution in [0.4, 0.5) is 11.5 Å². The Kier molecular flexibility index (Phi) is 5.04. The van der Waals surface area contributed by atoms with Crippen LogP contribution in [0.2, 0.25) is 0 Å². The number of hydrogen-bond acceptors (Lipinski definition) is 6. The van der Waals surface area contributed by atoms with Gasteiger partial charge in [0.1, 0.15) is 12.0 Å². The van der Waals surface area contributed by atoms with E-state index in [4.69, 9.17) is 5.11 Å². The summed E-state index contributed by atoms with van der Waals surface area (Å²) in [6, 6.07) is 3.02. The van der Waals surface area contributed by atoms with Crippen LogP contribution in [0.5, 0.6) is 0 Å². The molecule has 8 nitrogen and oxygen atoms in total. The molecule has 0 aromatic carbocycles. The van der Waals surface area contributed by atoms with Gasteiger partial charge in [-0.05, 0) is 18.9 Å². The minimum absolute atomic E-state index is 0.0481. The van der Waals surface area contributed by atoms with Gasteiger partial charge in [0.25, 0.3) is 5.69 Å². The molecule has 1 amide bonds. The summed E-state index contributed by atoms with van der Waals surface area (Å²) in [7, 11) is 0. The van der Waals surface area contributed by atoms with E-state index in [0.29, 0.717) is 12.4 Å². The number of anilines is 1. The number of carbonyl (C=O) groups excluding carboxylic acids is 1. The van der Waals surface area contributed by atoms with Crippen molar-refractivity contribution in [2.24, 2.45) is 5.92 Å². The first kappa shape index (κ1) is 15.2. The second kappa shape index (κ2) is 6.98. The molecule has 1 aliphatic heterocycles. The number of aromatic nitrogens is 1. The summed E-state index contributed by atoms with van der Waals surface area (Å²) in [4.78, 5) is 28.1. The number of amides is 1. The molecule has 2 heterocycles. The molecule has 1 atom stereocenters. The van der Waals surface area contributed by atoms with Crippen LogP contribution in [0.3, 0.4) is 0 Å². The molecule has 21 heavy (non-hydrogen) atoms. The van der Waals surface area contributed by atoms with Crippen LogP contribution in [0.1, 0.15) is 12.8 Å². The lowest BCUT2D eigenvalue weighted by Gasteiger charge is -2.32. The number of carbonyl (C=O) groups is 1. The van der Waals surface area contributed by atoms with E-state index in [9.17, 15) is 14.9 Å². The molecule has 0 spiro atoms. The summed E-state index contributed by atoms with van der Waals surface area (Å²) < 4.78 is 0. The lowest BCUT2D eigenvalue weighted by molar-refractivity contribution is -0.385. The van der Waals surface area contributed by atoms with Crippen LogP contribution < -0.4 is 10.2 Å². The molecule has 0 aliphatic carbocycles. The average Bonchev–Trinajstić information content (AvgIpc) is 2.52. The van der Waals surface area contributed by atoms with Crippen molar-refractivity contribution < 1.29 is 14.8 Å². The van der Waals surface area contributed by atoms with E-state index in [1.807, 2.05) is 4.90 Å². The van der Waals surface area contributed by atoms with E-state index in [1.165, 1.54) is 12.3 Å². The summed E-state index contributed by atoms with van der Waals surface area (Å²) in [5, 5.41) is 22.0. The summed E-state index contributed by atoms with van der Waals surface area (Å²) in [6.45, 7) is 1.48. The number of nitro groups is 1. The molecule has 0 saturated carbocycles. The van der Waals surface area contributed by atoms with Gasteiger partial charge in [-0.25, -0.2) is 4.98 Å².